The topological polar surface area (TPSA) is 55.1 Å². The lowest BCUT2D eigenvalue weighted by atomic mass is 10.1. The van der Waals surface area contributed by atoms with Gasteiger partial charge in [-0.2, -0.15) is 0 Å². The number of nitrogens with two attached hydrogens (primary N) is 1. The van der Waals surface area contributed by atoms with E-state index in [4.69, 9.17) is 5.73 Å². The zero-order valence-corrected chi connectivity index (χ0v) is 11.5. The fourth-order valence-electron chi connectivity index (χ4n) is 2.24. The largest absolute Gasteiger partial charge is 0.348 e. The van der Waals surface area contributed by atoms with Crippen LogP contribution in [0.2, 0.25) is 0 Å². The summed E-state index contributed by atoms with van der Waals surface area (Å²) < 4.78 is 0.865. The van der Waals surface area contributed by atoms with Gasteiger partial charge in [0.2, 0.25) is 0 Å². The van der Waals surface area contributed by atoms with Crippen molar-refractivity contribution < 1.29 is 4.79 Å². The fraction of sp³-hybridized carbons (Fsp3) is 0.462. The summed E-state index contributed by atoms with van der Waals surface area (Å²) >= 11 is 3.45. The van der Waals surface area contributed by atoms with Gasteiger partial charge in [-0.05, 0) is 53.7 Å². The second-order valence-electron chi connectivity index (χ2n) is 4.61. The minimum Gasteiger partial charge on any atom is -0.348 e. The van der Waals surface area contributed by atoms with Gasteiger partial charge in [0.25, 0.3) is 5.91 Å². The molecule has 0 radical (unpaired) electrons. The Hall–Kier alpha value is -0.870. The van der Waals surface area contributed by atoms with E-state index in [2.05, 4.69) is 21.2 Å². The molecule has 3 N–H and O–H groups in total. The number of carbonyl (C=O) groups excluding carboxylic acids is 1. The molecule has 1 saturated carbocycles. The Kier molecular flexibility index (Phi) is 3.84. The molecular formula is C13H17BrN2O. The van der Waals surface area contributed by atoms with E-state index in [0.717, 1.165) is 29.3 Å². The number of aryl methyl sites for hydroxylation is 1. The number of carbonyl (C=O) groups is 1. The van der Waals surface area contributed by atoms with Crippen molar-refractivity contribution in [1.29, 1.82) is 0 Å². The third-order valence-electron chi connectivity index (χ3n) is 3.32. The quantitative estimate of drug-likeness (QED) is 0.880. The van der Waals surface area contributed by atoms with Gasteiger partial charge in [-0.25, -0.2) is 0 Å². The number of hydrogen-bond donors (Lipinski definition) is 2. The molecule has 0 aromatic heterocycles. The van der Waals surface area contributed by atoms with E-state index in [-0.39, 0.29) is 18.0 Å². The third kappa shape index (κ3) is 2.69. The Morgan fingerprint density at radius 3 is 2.88 bits per heavy atom. The fourth-order valence-corrected chi connectivity index (χ4v) is 2.68. The van der Waals surface area contributed by atoms with Crippen LogP contribution in [0.3, 0.4) is 0 Å². The monoisotopic (exact) mass is 296 g/mol. The standard InChI is InChI=1S/C13H17BrN2O/c1-8-4-2-5-9(12(8)14)13(17)16-11-7-3-6-10(11)15/h2,4-5,10-11H,3,6-7,15H2,1H3,(H,16,17). The maximum absolute atomic E-state index is 12.1. The van der Waals surface area contributed by atoms with Gasteiger partial charge >= 0.3 is 0 Å². The van der Waals surface area contributed by atoms with Gasteiger partial charge in [-0.3, -0.25) is 4.79 Å². The highest BCUT2D eigenvalue weighted by Crippen LogP contribution is 2.22. The lowest BCUT2D eigenvalue weighted by Gasteiger charge is -2.18. The molecule has 0 spiro atoms. The summed E-state index contributed by atoms with van der Waals surface area (Å²) in [4.78, 5) is 12.1. The lowest BCUT2D eigenvalue weighted by Crippen LogP contribution is -2.44. The molecule has 1 aliphatic rings. The van der Waals surface area contributed by atoms with Crippen molar-refractivity contribution in [1.82, 2.24) is 5.32 Å². The molecule has 2 atom stereocenters. The average Bonchev–Trinajstić information content (AvgIpc) is 2.68. The highest BCUT2D eigenvalue weighted by molar-refractivity contribution is 9.10. The van der Waals surface area contributed by atoms with Crippen LogP contribution >= 0.6 is 15.9 Å². The van der Waals surface area contributed by atoms with Gasteiger partial charge in [-0.15, -0.1) is 0 Å². The zero-order chi connectivity index (χ0) is 12.4. The van der Waals surface area contributed by atoms with Crippen LogP contribution in [0, 0.1) is 6.92 Å². The summed E-state index contributed by atoms with van der Waals surface area (Å²) in [5.41, 5.74) is 7.69. The van der Waals surface area contributed by atoms with E-state index in [1.54, 1.807) is 0 Å². The number of benzene rings is 1. The minimum absolute atomic E-state index is 0.0390. The van der Waals surface area contributed by atoms with Gasteiger partial charge in [0.1, 0.15) is 0 Å². The van der Waals surface area contributed by atoms with E-state index < -0.39 is 0 Å². The molecule has 1 amide bonds. The van der Waals surface area contributed by atoms with Gasteiger partial charge in [0.05, 0.1) is 5.56 Å². The van der Waals surface area contributed by atoms with Crippen LogP contribution in [0.4, 0.5) is 0 Å². The van der Waals surface area contributed by atoms with Crippen molar-refractivity contribution in [2.24, 2.45) is 5.73 Å². The molecule has 17 heavy (non-hydrogen) atoms. The molecule has 2 rings (SSSR count). The van der Waals surface area contributed by atoms with Gasteiger partial charge < -0.3 is 11.1 Å². The van der Waals surface area contributed by atoms with Crippen LogP contribution in [0.1, 0.15) is 35.2 Å². The van der Waals surface area contributed by atoms with Crippen molar-refractivity contribution >= 4 is 21.8 Å². The molecule has 3 nitrogen and oxygen atoms in total. The van der Waals surface area contributed by atoms with E-state index in [0.29, 0.717) is 5.56 Å². The molecule has 1 aromatic carbocycles. The molecule has 0 saturated heterocycles. The van der Waals surface area contributed by atoms with Gasteiger partial charge in [0, 0.05) is 16.6 Å². The molecule has 4 heteroatoms. The number of amides is 1. The Bertz CT molecular complexity index is 433. The third-order valence-corrected chi connectivity index (χ3v) is 4.37. The highest BCUT2D eigenvalue weighted by Gasteiger charge is 2.26. The van der Waals surface area contributed by atoms with Crippen molar-refractivity contribution in [3.63, 3.8) is 0 Å². The smallest absolute Gasteiger partial charge is 0.252 e. The van der Waals surface area contributed by atoms with Crippen molar-refractivity contribution in [3.8, 4) is 0 Å². The van der Waals surface area contributed by atoms with Gasteiger partial charge in [-0.1, -0.05) is 12.1 Å². The van der Waals surface area contributed by atoms with Crippen molar-refractivity contribution in [3.05, 3.63) is 33.8 Å². The van der Waals surface area contributed by atoms with E-state index in [1.807, 2.05) is 25.1 Å². The van der Waals surface area contributed by atoms with Crippen molar-refractivity contribution in [2.45, 2.75) is 38.3 Å². The summed E-state index contributed by atoms with van der Waals surface area (Å²) in [7, 11) is 0. The first-order valence-corrected chi connectivity index (χ1v) is 6.70. The molecule has 1 aromatic rings. The average molecular weight is 297 g/mol. The first kappa shape index (κ1) is 12.6. The van der Waals surface area contributed by atoms with Crippen LogP contribution in [0.5, 0.6) is 0 Å². The lowest BCUT2D eigenvalue weighted by molar-refractivity contribution is 0.0933. The maximum atomic E-state index is 12.1. The first-order valence-electron chi connectivity index (χ1n) is 5.91. The normalized spacial score (nSPS) is 23.7. The zero-order valence-electron chi connectivity index (χ0n) is 9.87. The van der Waals surface area contributed by atoms with E-state index in [9.17, 15) is 4.79 Å². The van der Waals surface area contributed by atoms with Crippen LogP contribution in [0.15, 0.2) is 22.7 Å². The maximum Gasteiger partial charge on any atom is 0.252 e. The Morgan fingerprint density at radius 1 is 1.47 bits per heavy atom. The molecule has 2 unspecified atom stereocenters. The molecule has 0 aliphatic heterocycles. The first-order chi connectivity index (χ1) is 8.09. The SMILES string of the molecule is Cc1cccc(C(=O)NC2CCCC2N)c1Br. The highest BCUT2D eigenvalue weighted by atomic mass is 79.9. The summed E-state index contributed by atoms with van der Waals surface area (Å²) in [5, 5.41) is 3.02. The van der Waals surface area contributed by atoms with Crippen LogP contribution < -0.4 is 11.1 Å². The Labute approximate surface area is 110 Å². The predicted molar refractivity (Wildman–Crippen MR) is 72.0 cm³/mol. The molecule has 92 valence electrons. The van der Waals surface area contributed by atoms with Crippen LogP contribution in [0.25, 0.3) is 0 Å². The summed E-state index contributed by atoms with van der Waals surface area (Å²) in [6.45, 7) is 1.97. The number of rotatable bonds is 2. The van der Waals surface area contributed by atoms with Gasteiger partial charge in [0.15, 0.2) is 0 Å². The predicted octanol–water partition coefficient (Wildman–Crippen LogP) is 2.37. The Morgan fingerprint density at radius 2 is 2.24 bits per heavy atom. The number of halogens is 1. The second kappa shape index (κ2) is 5.19. The summed E-state index contributed by atoms with van der Waals surface area (Å²) in [6, 6.07) is 5.91. The molecule has 0 bridgehead atoms. The summed E-state index contributed by atoms with van der Waals surface area (Å²) in [5.74, 6) is -0.0390. The van der Waals surface area contributed by atoms with E-state index in [1.165, 1.54) is 0 Å². The van der Waals surface area contributed by atoms with Crippen LogP contribution in [-0.4, -0.2) is 18.0 Å². The molecule has 1 fully saturated rings. The molecule has 0 heterocycles. The molecular weight excluding hydrogens is 280 g/mol. The number of nitrogens with one attached hydrogen (secondary N) is 1. The number of hydrogen-bond acceptors (Lipinski definition) is 2. The minimum atomic E-state index is -0.0390. The molecule has 1 aliphatic carbocycles. The van der Waals surface area contributed by atoms with Crippen molar-refractivity contribution in [2.75, 3.05) is 0 Å². The summed E-state index contributed by atoms with van der Waals surface area (Å²) in [6.07, 6.45) is 3.08. The second-order valence-corrected chi connectivity index (χ2v) is 5.40. The van der Waals surface area contributed by atoms with Crippen LogP contribution in [-0.2, 0) is 0 Å². The van der Waals surface area contributed by atoms with E-state index >= 15 is 0 Å². The Balaban J connectivity index is 2.12.